The molecule has 1 aromatic carbocycles. The first kappa shape index (κ1) is 16.0. The zero-order valence-electron chi connectivity index (χ0n) is 12.9. The first-order valence-electron chi connectivity index (χ1n) is 7.41. The Labute approximate surface area is 130 Å². The molecular weight excluding hydrogens is 280 g/mol. The van der Waals surface area contributed by atoms with E-state index in [0.717, 1.165) is 17.7 Å². The normalized spacial score (nSPS) is 12.0. The summed E-state index contributed by atoms with van der Waals surface area (Å²) in [5, 5.41) is 19.1. The number of anilines is 1. The van der Waals surface area contributed by atoms with E-state index in [0.29, 0.717) is 12.1 Å². The molecule has 22 heavy (non-hydrogen) atoms. The molecule has 3 N–H and O–H groups in total. The number of aliphatic hydroxyl groups excluding tert-OH is 1. The van der Waals surface area contributed by atoms with E-state index in [1.54, 1.807) is 10.9 Å². The zero-order valence-corrected chi connectivity index (χ0v) is 12.9. The Hall–Kier alpha value is -2.34. The van der Waals surface area contributed by atoms with E-state index in [9.17, 15) is 4.79 Å². The minimum atomic E-state index is -0.287. The van der Waals surface area contributed by atoms with Gasteiger partial charge in [-0.2, -0.15) is 5.10 Å². The Morgan fingerprint density at radius 2 is 2.09 bits per heavy atom. The molecule has 1 heterocycles. The highest BCUT2D eigenvalue weighted by atomic mass is 16.3. The fraction of sp³-hybridized carbons (Fsp3) is 0.375. The van der Waals surface area contributed by atoms with Crippen LogP contribution in [0, 0.1) is 0 Å². The van der Waals surface area contributed by atoms with Crippen LogP contribution in [0.2, 0.25) is 0 Å². The largest absolute Gasteiger partial charge is 0.396 e. The molecule has 0 saturated carbocycles. The Morgan fingerprint density at radius 3 is 2.73 bits per heavy atom. The van der Waals surface area contributed by atoms with Gasteiger partial charge in [0.2, 0.25) is 0 Å². The number of benzene rings is 1. The van der Waals surface area contributed by atoms with Gasteiger partial charge in [-0.15, -0.1) is 0 Å². The van der Waals surface area contributed by atoms with Gasteiger partial charge in [0.25, 0.3) is 0 Å². The van der Waals surface area contributed by atoms with Crippen molar-refractivity contribution in [2.45, 2.75) is 25.8 Å². The first-order chi connectivity index (χ1) is 10.6. The van der Waals surface area contributed by atoms with Gasteiger partial charge < -0.3 is 15.7 Å². The number of hydrogen-bond donors (Lipinski definition) is 3. The van der Waals surface area contributed by atoms with Crippen LogP contribution in [0.4, 0.5) is 10.5 Å². The SMILES string of the molecule is CCC(CCO)NC(=O)Nc1cn(C)nc1-c1ccccc1. The van der Waals surface area contributed by atoms with Gasteiger partial charge in [0.05, 0.1) is 5.69 Å². The lowest BCUT2D eigenvalue weighted by Gasteiger charge is -2.16. The molecule has 2 amide bonds. The van der Waals surface area contributed by atoms with Gasteiger partial charge >= 0.3 is 6.03 Å². The van der Waals surface area contributed by atoms with Crippen molar-refractivity contribution >= 4 is 11.7 Å². The van der Waals surface area contributed by atoms with Crippen LogP contribution in [0.15, 0.2) is 36.5 Å². The van der Waals surface area contributed by atoms with Crippen LogP contribution in [0.25, 0.3) is 11.3 Å². The number of aliphatic hydroxyl groups is 1. The summed E-state index contributed by atoms with van der Waals surface area (Å²) in [6, 6.07) is 9.38. The lowest BCUT2D eigenvalue weighted by molar-refractivity contribution is 0.237. The summed E-state index contributed by atoms with van der Waals surface area (Å²) in [6.45, 7) is 2.03. The first-order valence-corrected chi connectivity index (χ1v) is 7.41. The highest BCUT2D eigenvalue weighted by molar-refractivity contribution is 5.93. The number of urea groups is 1. The standard InChI is InChI=1S/C16H22N4O2/c1-3-13(9-10-21)17-16(22)18-14-11-20(2)19-15(14)12-7-5-4-6-8-12/h4-8,11,13,21H,3,9-10H2,1-2H3,(H2,17,18,22). The van der Waals surface area contributed by atoms with Crippen molar-refractivity contribution in [3.8, 4) is 11.3 Å². The van der Waals surface area contributed by atoms with Gasteiger partial charge in [0.1, 0.15) is 5.69 Å². The predicted octanol–water partition coefficient (Wildman–Crippen LogP) is 2.37. The van der Waals surface area contributed by atoms with Gasteiger partial charge in [0.15, 0.2) is 0 Å². The van der Waals surface area contributed by atoms with Crippen LogP contribution in [0.3, 0.4) is 0 Å². The summed E-state index contributed by atoms with van der Waals surface area (Å²) in [6.07, 6.45) is 3.09. The van der Waals surface area contributed by atoms with Crippen LogP contribution in [-0.2, 0) is 7.05 Å². The molecule has 0 saturated heterocycles. The fourth-order valence-corrected chi connectivity index (χ4v) is 2.27. The number of aryl methyl sites for hydroxylation is 1. The zero-order chi connectivity index (χ0) is 15.9. The molecule has 2 rings (SSSR count). The number of aromatic nitrogens is 2. The van der Waals surface area contributed by atoms with E-state index in [-0.39, 0.29) is 18.7 Å². The molecule has 0 aliphatic rings. The van der Waals surface area contributed by atoms with Crippen LogP contribution >= 0.6 is 0 Å². The monoisotopic (exact) mass is 302 g/mol. The van der Waals surface area contributed by atoms with Crippen molar-refractivity contribution in [3.05, 3.63) is 36.5 Å². The van der Waals surface area contributed by atoms with Crippen LogP contribution in [-0.4, -0.2) is 33.6 Å². The van der Waals surface area contributed by atoms with Gasteiger partial charge in [-0.1, -0.05) is 37.3 Å². The smallest absolute Gasteiger partial charge is 0.319 e. The highest BCUT2D eigenvalue weighted by Gasteiger charge is 2.14. The molecule has 0 aliphatic heterocycles. The lowest BCUT2D eigenvalue weighted by Crippen LogP contribution is -2.38. The van der Waals surface area contributed by atoms with Gasteiger partial charge in [-0.3, -0.25) is 4.68 Å². The topological polar surface area (TPSA) is 79.2 Å². The number of rotatable bonds is 6. The summed E-state index contributed by atoms with van der Waals surface area (Å²) < 4.78 is 1.67. The van der Waals surface area contributed by atoms with Crippen LogP contribution in [0.1, 0.15) is 19.8 Å². The van der Waals surface area contributed by atoms with Gasteiger partial charge in [-0.05, 0) is 12.8 Å². The Morgan fingerprint density at radius 1 is 1.36 bits per heavy atom. The molecule has 0 radical (unpaired) electrons. The number of hydrogen-bond acceptors (Lipinski definition) is 3. The molecule has 118 valence electrons. The highest BCUT2D eigenvalue weighted by Crippen LogP contribution is 2.25. The van der Waals surface area contributed by atoms with E-state index in [2.05, 4.69) is 15.7 Å². The minimum absolute atomic E-state index is 0.0400. The Balaban J connectivity index is 2.11. The van der Waals surface area contributed by atoms with E-state index < -0.39 is 0 Å². The van der Waals surface area contributed by atoms with Crippen molar-refractivity contribution in [3.63, 3.8) is 0 Å². The molecule has 0 bridgehead atoms. The number of carbonyl (C=O) groups excluding carboxylic acids is 1. The summed E-state index contributed by atoms with van der Waals surface area (Å²) in [5.41, 5.74) is 2.33. The third-order valence-corrected chi connectivity index (χ3v) is 3.43. The van der Waals surface area contributed by atoms with Crippen LogP contribution < -0.4 is 10.6 Å². The van der Waals surface area contributed by atoms with Gasteiger partial charge in [0, 0.05) is 31.5 Å². The summed E-state index contributed by atoms with van der Waals surface area (Å²) >= 11 is 0. The average molecular weight is 302 g/mol. The third-order valence-electron chi connectivity index (χ3n) is 3.43. The third kappa shape index (κ3) is 4.08. The van der Waals surface area contributed by atoms with E-state index in [1.807, 2.05) is 44.3 Å². The van der Waals surface area contributed by atoms with E-state index in [4.69, 9.17) is 5.11 Å². The Bertz CT molecular complexity index is 610. The van der Waals surface area contributed by atoms with Crippen molar-refractivity contribution < 1.29 is 9.90 Å². The molecule has 1 atom stereocenters. The molecule has 2 aromatic rings. The second kappa shape index (κ2) is 7.61. The number of carbonyl (C=O) groups is 1. The maximum absolute atomic E-state index is 12.1. The quantitative estimate of drug-likeness (QED) is 0.766. The molecule has 0 aliphatic carbocycles. The number of nitrogens with zero attached hydrogens (tertiary/aromatic N) is 2. The molecule has 6 nitrogen and oxygen atoms in total. The van der Waals surface area contributed by atoms with Crippen LogP contribution in [0.5, 0.6) is 0 Å². The summed E-state index contributed by atoms with van der Waals surface area (Å²) in [4.78, 5) is 12.1. The molecule has 1 unspecified atom stereocenters. The molecule has 0 fully saturated rings. The average Bonchev–Trinajstić information content (AvgIpc) is 2.88. The van der Waals surface area contributed by atoms with E-state index >= 15 is 0 Å². The van der Waals surface area contributed by atoms with Gasteiger partial charge in [-0.25, -0.2) is 4.79 Å². The second-order valence-electron chi connectivity index (χ2n) is 5.15. The predicted molar refractivity (Wildman–Crippen MR) is 86.6 cm³/mol. The number of amides is 2. The molecular formula is C16H22N4O2. The van der Waals surface area contributed by atoms with Crippen molar-refractivity contribution in [2.24, 2.45) is 7.05 Å². The summed E-state index contributed by atoms with van der Waals surface area (Å²) in [7, 11) is 1.82. The van der Waals surface area contributed by atoms with Crippen molar-refractivity contribution in [1.82, 2.24) is 15.1 Å². The summed E-state index contributed by atoms with van der Waals surface area (Å²) in [5.74, 6) is 0. The minimum Gasteiger partial charge on any atom is -0.396 e. The van der Waals surface area contributed by atoms with E-state index in [1.165, 1.54) is 0 Å². The fourth-order valence-electron chi connectivity index (χ4n) is 2.27. The molecule has 6 heteroatoms. The van der Waals surface area contributed by atoms with Crippen molar-refractivity contribution in [1.29, 1.82) is 0 Å². The lowest BCUT2D eigenvalue weighted by atomic mass is 10.1. The maximum atomic E-state index is 12.1. The van der Waals surface area contributed by atoms with Crippen molar-refractivity contribution in [2.75, 3.05) is 11.9 Å². The maximum Gasteiger partial charge on any atom is 0.319 e. The number of nitrogens with one attached hydrogen (secondary N) is 2. The second-order valence-corrected chi connectivity index (χ2v) is 5.15. The Kier molecular flexibility index (Phi) is 5.55. The molecule has 1 aromatic heterocycles. The molecule has 0 spiro atoms.